The van der Waals surface area contributed by atoms with Gasteiger partial charge in [0.2, 0.25) is 0 Å². The average molecular weight is 187 g/mol. The van der Waals surface area contributed by atoms with Crippen LogP contribution in [0.2, 0.25) is 0 Å². The monoisotopic (exact) mass is 187 g/mol. The Morgan fingerprint density at radius 1 is 1.29 bits per heavy atom. The molecule has 0 atom stereocenters. The lowest BCUT2D eigenvalue weighted by molar-refractivity contribution is 0.111. The van der Waals surface area contributed by atoms with Crippen LogP contribution in [0.3, 0.4) is 0 Å². The van der Waals surface area contributed by atoms with E-state index in [9.17, 15) is 4.79 Å². The molecule has 0 saturated heterocycles. The Labute approximate surface area is 81.2 Å². The van der Waals surface area contributed by atoms with Gasteiger partial charge in [-0.2, -0.15) is 0 Å². The van der Waals surface area contributed by atoms with Gasteiger partial charge in [0.15, 0.2) is 6.29 Å². The summed E-state index contributed by atoms with van der Waals surface area (Å²) in [5.41, 5.74) is 1.59. The molecule has 1 aromatic heterocycles. The zero-order valence-corrected chi connectivity index (χ0v) is 7.50. The summed E-state index contributed by atoms with van der Waals surface area (Å²) in [6.45, 7) is 0.578. The zero-order chi connectivity index (χ0) is 9.80. The molecule has 0 aliphatic rings. The molecule has 2 rings (SSSR count). The van der Waals surface area contributed by atoms with E-state index in [1.165, 1.54) is 6.20 Å². The predicted octanol–water partition coefficient (Wildman–Crippen LogP) is 1.14. The van der Waals surface area contributed by atoms with E-state index in [0.29, 0.717) is 12.2 Å². The second-order valence-corrected chi connectivity index (χ2v) is 2.92. The highest BCUT2D eigenvalue weighted by Gasteiger charge is 2.01. The molecular formula is C10H9N3O. The summed E-state index contributed by atoms with van der Waals surface area (Å²) >= 11 is 0. The van der Waals surface area contributed by atoms with Gasteiger partial charge in [0, 0.05) is 0 Å². The van der Waals surface area contributed by atoms with Crippen molar-refractivity contribution in [3.8, 4) is 0 Å². The van der Waals surface area contributed by atoms with E-state index in [1.807, 2.05) is 30.3 Å². The van der Waals surface area contributed by atoms with Crippen molar-refractivity contribution < 1.29 is 4.79 Å². The Kier molecular flexibility index (Phi) is 2.36. The fourth-order valence-electron chi connectivity index (χ4n) is 1.24. The minimum atomic E-state index is 0.494. The maximum atomic E-state index is 10.6. The van der Waals surface area contributed by atoms with E-state index >= 15 is 0 Å². The highest BCUT2D eigenvalue weighted by atomic mass is 16.1. The molecular weight excluding hydrogens is 178 g/mol. The molecule has 0 aliphatic carbocycles. The van der Waals surface area contributed by atoms with E-state index in [1.54, 1.807) is 4.68 Å². The summed E-state index contributed by atoms with van der Waals surface area (Å²) in [7, 11) is 0. The Balaban J connectivity index is 2.23. The number of aldehydes is 1. The van der Waals surface area contributed by atoms with Crippen LogP contribution in [0, 0.1) is 0 Å². The second-order valence-electron chi connectivity index (χ2n) is 2.92. The molecule has 4 heteroatoms. The van der Waals surface area contributed by atoms with Gasteiger partial charge in [0.1, 0.15) is 5.69 Å². The fraction of sp³-hybridized carbons (Fsp3) is 0.100. The molecule has 0 spiro atoms. The third kappa shape index (κ3) is 1.69. The fourth-order valence-corrected chi connectivity index (χ4v) is 1.24. The van der Waals surface area contributed by atoms with Crippen LogP contribution in [0.5, 0.6) is 0 Å². The van der Waals surface area contributed by atoms with Gasteiger partial charge >= 0.3 is 0 Å². The molecule has 0 N–H and O–H groups in total. The predicted molar refractivity (Wildman–Crippen MR) is 51.0 cm³/mol. The summed E-state index contributed by atoms with van der Waals surface area (Å²) in [5.74, 6) is 0. The quantitative estimate of drug-likeness (QED) is 0.677. The van der Waals surface area contributed by atoms with Crippen LogP contribution in [0.4, 0.5) is 0 Å². The van der Waals surface area contributed by atoms with Gasteiger partial charge in [-0.25, -0.2) is 4.68 Å². The van der Waals surface area contributed by atoms with Crippen LogP contribution >= 0.6 is 0 Å². The first-order valence-electron chi connectivity index (χ1n) is 4.28. The van der Waals surface area contributed by atoms with Crippen molar-refractivity contribution in [2.75, 3.05) is 0 Å². The smallest absolute Gasteiger partial charge is 0.169 e. The molecule has 0 saturated carbocycles. The molecule has 1 aromatic carbocycles. The van der Waals surface area contributed by atoms with E-state index in [2.05, 4.69) is 10.3 Å². The first-order chi connectivity index (χ1) is 6.90. The van der Waals surface area contributed by atoms with Crippen molar-refractivity contribution in [3.63, 3.8) is 0 Å². The van der Waals surface area contributed by atoms with Gasteiger partial charge in [-0.05, 0) is 5.56 Å². The zero-order valence-electron chi connectivity index (χ0n) is 7.50. The van der Waals surface area contributed by atoms with E-state index in [4.69, 9.17) is 0 Å². The largest absolute Gasteiger partial charge is 0.296 e. The van der Waals surface area contributed by atoms with Crippen LogP contribution in [0.25, 0.3) is 0 Å². The first kappa shape index (κ1) is 8.62. The molecule has 0 fully saturated rings. The highest BCUT2D eigenvalue weighted by Crippen LogP contribution is 2.02. The average Bonchev–Trinajstić information content (AvgIpc) is 2.67. The Morgan fingerprint density at radius 2 is 2.07 bits per heavy atom. The summed E-state index contributed by atoms with van der Waals surface area (Å²) in [6.07, 6.45) is 2.21. The number of benzene rings is 1. The van der Waals surface area contributed by atoms with Crippen molar-refractivity contribution in [1.29, 1.82) is 0 Å². The van der Waals surface area contributed by atoms with E-state index < -0.39 is 0 Å². The lowest BCUT2D eigenvalue weighted by atomic mass is 10.2. The molecule has 0 unspecified atom stereocenters. The Hall–Kier alpha value is -1.97. The third-order valence-corrected chi connectivity index (χ3v) is 1.94. The van der Waals surface area contributed by atoms with Gasteiger partial charge in [0.05, 0.1) is 12.7 Å². The van der Waals surface area contributed by atoms with Crippen LogP contribution < -0.4 is 0 Å². The maximum Gasteiger partial charge on any atom is 0.169 e. The van der Waals surface area contributed by atoms with Gasteiger partial charge in [0.25, 0.3) is 0 Å². The van der Waals surface area contributed by atoms with Crippen molar-refractivity contribution in [3.05, 3.63) is 47.8 Å². The highest BCUT2D eigenvalue weighted by molar-refractivity contribution is 5.71. The minimum absolute atomic E-state index is 0.494. The number of rotatable bonds is 3. The minimum Gasteiger partial charge on any atom is -0.296 e. The topological polar surface area (TPSA) is 47.8 Å². The summed E-state index contributed by atoms with van der Waals surface area (Å²) in [5, 5.41) is 7.49. The molecule has 0 aliphatic heterocycles. The Bertz CT molecular complexity index is 422. The third-order valence-electron chi connectivity index (χ3n) is 1.94. The number of hydrogen-bond donors (Lipinski definition) is 0. The molecule has 2 aromatic rings. The van der Waals surface area contributed by atoms with Crippen LogP contribution in [-0.2, 0) is 6.54 Å². The van der Waals surface area contributed by atoms with Gasteiger partial charge in [-0.3, -0.25) is 4.79 Å². The van der Waals surface area contributed by atoms with Crippen molar-refractivity contribution >= 4 is 6.29 Å². The van der Waals surface area contributed by atoms with Crippen LogP contribution in [0.1, 0.15) is 16.1 Å². The van der Waals surface area contributed by atoms with Gasteiger partial charge in [-0.15, -0.1) is 5.10 Å². The molecule has 4 nitrogen and oxygen atoms in total. The number of hydrogen-bond acceptors (Lipinski definition) is 3. The summed E-state index contributed by atoms with van der Waals surface area (Å²) in [4.78, 5) is 10.6. The molecule has 0 radical (unpaired) electrons. The standard InChI is InChI=1S/C10H9N3O/c14-8-10-6-11-12-13(10)7-9-4-2-1-3-5-9/h1-6,8H,7H2. The normalized spacial score (nSPS) is 10.0. The maximum absolute atomic E-state index is 10.6. The van der Waals surface area contributed by atoms with E-state index in [0.717, 1.165) is 11.8 Å². The lowest BCUT2D eigenvalue weighted by Gasteiger charge is -2.01. The summed E-state index contributed by atoms with van der Waals surface area (Å²) < 4.78 is 1.57. The molecule has 0 bridgehead atoms. The molecule has 14 heavy (non-hydrogen) atoms. The second kappa shape index (κ2) is 3.83. The van der Waals surface area contributed by atoms with Gasteiger partial charge < -0.3 is 0 Å². The number of carbonyl (C=O) groups excluding carboxylic acids is 1. The summed E-state index contributed by atoms with van der Waals surface area (Å²) in [6, 6.07) is 9.82. The van der Waals surface area contributed by atoms with Crippen LogP contribution in [0.15, 0.2) is 36.5 Å². The first-order valence-corrected chi connectivity index (χ1v) is 4.28. The molecule has 70 valence electrons. The molecule has 1 heterocycles. The van der Waals surface area contributed by atoms with Crippen molar-refractivity contribution in [1.82, 2.24) is 15.0 Å². The number of aromatic nitrogens is 3. The lowest BCUT2D eigenvalue weighted by Crippen LogP contribution is -2.05. The van der Waals surface area contributed by atoms with Crippen molar-refractivity contribution in [2.24, 2.45) is 0 Å². The van der Waals surface area contributed by atoms with Crippen molar-refractivity contribution in [2.45, 2.75) is 6.54 Å². The van der Waals surface area contributed by atoms with E-state index in [-0.39, 0.29) is 0 Å². The SMILES string of the molecule is O=Cc1cnnn1Cc1ccccc1. The Morgan fingerprint density at radius 3 is 2.79 bits per heavy atom. The molecule has 0 amide bonds. The number of nitrogens with zero attached hydrogens (tertiary/aromatic N) is 3. The van der Waals surface area contributed by atoms with Gasteiger partial charge in [-0.1, -0.05) is 35.5 Å². The number of carbonyl (C=O) groups is 1. The van der Waals surface area contributed by atoms with Crippen LogP contribution in [-0.4, -0.2) is 21.3 Å².